The molecular weight excluding hydrogens is 252 g/mol. The molecule has 0 spiro atoms. The van der Waals surface area contributed by atoms with Gasteiger partial charge in [0.2, 0.25) is 0 Å². The van der Waals surface area contributed by atoms with E-state index in [1.54, 1.807) is 6.08 Å². The zero-order valence-electron chi connectivity index (χ0n) is 10.7. The summed E-state index contributed by atoms with van der Waals surface area (Å²) in [5.74, 6) is 0. The fraction of sp³-hybridized carbons (Fsp3) is 0.0588. The van der Waals surface area contributed by atoms with E-state index >= 15 is 0 Å². The number of hydrogen-bond acceptors (Lipinski definition) is 0. The molecule has 0 unspecified atom stereocenters. The van der Waals surface area contributed by atoms with E-state index in [4.69, 9.17) is 0 Å². The number of rotatable bonds is 2. The van der Waals surface area contributed by atoms with Crippen molar-refractivity contribution in [1.29, 1.82) is 0 Å². The summed E-state index contributed by atoms with van der Waals surface area (Å²) >= 11 is 0. The van der Waals surface area contributed by atoms with Crippen LogP contribution in [0.4, 0.5) is 0 Å². The van der Waals surface area contributed by atoms with Gasteiger partial charge in [-0.3, -0.25) is 0 Å². The molecule has 0 bridgehead atoms. The molecule has 0 atom stereocenters. The molecule has 0 aliphatic carbocycles. The van der Waals surface area contributed by atoms with Gasteiger partial charge in [0.25, 0.3) is 0 Å². The third-order valence-electron chi connectivity index (χ3n) is 2.21. The Hall–Kier alpha value is -1.37. The van der Waals surface area contributed by atoms with Crippen LogP contribution in [0.3, 0.4) is 0 Å². The molecule has 0 saturated carbocycles. The van der Waals surface area contributed by atoms with Gasteiger partial charge in [0.1, 0.15) is 0 Å². The maximum atomic E-state index is 3.46. The summed E-state index contributed by atoms with van der Waals surface area (Å²) in [7, 11) is 0. The van der Waals surface area contributed by atoms with Crippen molar-refractivity contribution in [2.45, 2.75) is 6.92 Å². The summed E-state index contributed by atoms with van der Waals surface area (Å²) in [5, 5.41) is 0. The van der Waals surface area contributed by atoms with Crippen LogP contribution in [0.15, 0.2) is 85.5 Å². The monoisotopic (exact) mass is 270 g/mol. The van der Waals surface area contributed by atoms with Crippen LogP contribution in [0.5, 0.6) is 0 Å². The van der Waals surface area contributed by atoms with E-state index < -0.39 is 0 Å². The van der Waals surface area contributed by atoms with Gasteiger partial charge in [0.15, 0.2) is 0 Å². The summed E-state index contributed by atoms with van der Waals surface area (Å²) in [6.07, 6.45) is 5.58. The van der Waals surface area contributed by atoms with E-state index in [9.17, 15) is 0 Å². The number of allylic oxidation sites excluding steroid dienone is 3. The van der Waals surface area contributed by atoms with Gasteiger partial charge < -0.3 is 0 Å². The second-order valence-corrected chi connectivity index (χ2v) is 3.49. The van der Waals surface area contributed by atoms with Crippen LogP contribution >= 0.6 is 0 Å². The van der Waals surface area contributed by atoms with Gasteiger partial charge in [-0.1, -0.05) is 85.5 Å². The smallest absolute Gasteiger partial charge is 0 e. The molecule has 18 heavy (non-hydrogen) atoms. The van der Waals surface area contributed by atoms with Crippen molar-refractivity contribution in [2.24, 2.45) is 0 Å². The first-order valence-electron chi connectivity index (χ1n) is 5.72. The summed E-state index contributed by atoms with van der Waals surface area (Å²) in [6, 6.07) is 20.8. The SMILES string of the molecule is C=CC=CC.[Ti].c1ccc(-c2ccccc2)cc1. The van der Waals surface area contributed by atoms with Crippen LogP contribution in [0, 0.1) is 0 Å². The van der Waals surface area contributed by atoms with Gasteiger partial charge in [0.05, 0.1) is 0 Å². The van der Waals surface area contributed by atoms with Crippen molar-refractivity contribution >= 4 is 0 Å². The zero-order valence-corrected chi connectivity index (χ0v) is 12.3. The number of hydrogen-bond donors (Lipinski definition) is 0. The largest absolute Gasteiger partial charge is 0.0991 e. The molecule has 0 heterocycles. The molecule has 1 heteroatoms. The molecule has 0 aliphatic heterocycles. The molecular formula is C17H18Ti. The van der Waals surface area contributed by atoms with E-state index in [-0.39, 0.29) is 21.7 Å². The minimum Gasteiger partial charge on any atom is -0.0991 e. The van der Waals surface area contributed by atoms with Gasteiger partial charge in [-0.15, -0.1) is 0 Å². The van der Waals surface area contributed by atoms with Crippen LogP contribution < -0.4 is 0 Å². The van der Waals surface area contributed by atoms with E-state index in [1.165, 1.54) is 11.1 Å². The van der Waals surface area contributed by atoms with Crippen LogP contribution in [0.2, 0.25) is 0 Å². The molecule has 0 fully saturated rings. The second kappa shape index (κ2) is 10.8. The predicted octanol–water partition coefficient (Wildman–Crippen LogP) is 5.10. The minimum atomic E-state index is 0. The maximum absolute atomic E-state index is 3.46. The Morgan fingerprint density at radius 1 is 0.778 bits per heavy atom. The zero-order chi connectivity index (χ0) is 12.3. The summed E-state index contributed by atoms with van der Waals surface area (Å²) in [5.41, 5.74) is 2.55. The fourth-order valence-corrected chi connectivity index (χ4v) is 1.40. The fourth-order valence-electron chi connectivity index (χ4n) is 1.40. The Bertz CT molecular complexity index is 406. The van der Waals surface area contributed by atoms with Crippen LogP contribution in [0.1, 0.15) is 6.92 Å². The Labute approximate surface area is 125 Å². The van der Waals surface area contributed by atoms with Crippen molar-refractivity contribution in [1.82, 2.24) is 0 Å². The summed E-state index contributed by atoms with van der Waals surface area (Å²) < 4.78 is 0. The van der Waals surface area contributed by atoms with Gasteiger partial charge in [-0.2, -0.15) is 0 Å². The standard InChI is InChI=1S/C12H10.C5H8.Ti/c1-3-7-11(8-4-1)12-9-5-2-6-10-12;1-3-5-4-2;/h1-10H;3-5H,1H2,2H3;. The van der Waals surface area contributed by atoms with E-state index in [0.717, 1.165) is 0 Å². The molecule has 0 N–H and O–H groups in total. The normalized spacial score (nSPS) is 8.94. The molecule has 0 amide bonds. The second-order valence-electron chi connectivity index (χ2n) is 3.49. The quantitative estimate of drug-likeness (QED) is 0.526. The maximum Gasteiger partial charge on any atom is 0 e. The van der Waals surface area contributed by atoms with Crippen molar-refractivity contribution in [2.75, 3.05) is 0 Å². The van der Waals surface area contributed by atoms with Gasteiger partial charge in [0, 0.05) is 21.7 Å². The first-order chi connectivity index (χ1) is 8.38. The van der Waals surface area contributed by atoms with Crippen LogP contribution in [-0.2, 0) is 21.7 Å². The first kappa shape index (κ1) is 16.6. The topological polar surface area (TPSA) is 0 Å². The van der Waals surface area contributed by atoms with Crippen molar-refractivity contribution in [3.63, 3.8) is 0 Å². The molecule has 0 nitrogen and oxygen atoms in total. The Morgan fingerprint density at radius 2 is 1.17 bits per heavy atom. The molecule has 90 valence electrons. The van der Waals surface area contributed by atoms with E-state index in [1.807, 2.05) is 31.2 Å². The van der Waals surface area contributed by atoms with E-state index in [2.05, 4.69) is 55.1 Å². The first-order valence-corrected chi connectivity index (χ1v) is 5.72. The number of benzene rings is 2. The molecule has 2 aromatic rings. The molecule has 2 rings (SSSR count). The predicted molar refractivity (Wildman–Crippen MR) is 76.9 cm³/mol. The van der Waals surface area contributed by atoms with Crippen LogP contribution in [-0.4, -0.2) is 0 Å². The third kappa shape index (κ3) is 6.39. The third-order valence-corrected chi connectivity index (χ3v) is 2.21. The van der Waals surface area contributed by atoms with Crippen LogP contribution in [0.25, 0.3) is 11.1 Å². The van der Waals surface area contributed by atoms with Crippen molar-refractivity contribution in [3.8, 4) is 11.1 Å². The summed E-state index contributed by atoms with van der Waals surface area (Å²) in [4.78, 5) is 0. The molecule has 2 aromatic carbocycles. The molecule has 0 radical (unpaired) electrons. The average Bonchev–Trinajstić information content (AvgIpc) is 2.42. The molecule has 0 aliphatic rings. The minimum absolute atomic E-state index is 0. The Kier molecular flexibility index (Phi) is 9.95. The van der Waals surface area contributed by atoms with E-state index in [0.29, 0.717) is 0 Å². The van der Waals surface area contributed by atoms with Gasteiger partial charge in [-0.05, 0) is 18.1 Å². The van der Waals surface area contributed by atoms with Crippen molar-refractivity contribution < 1.29 is 21.7 Å². The molecule has 0 saturated heterocycles. The summed E-state index contributed by atoms with van der Waals surface area (Å²) in [6.45, 7) is 5.42. The average molecular weight is 270 g/mol. The Morgan fingerprint density at radius 3 is 1.39 bits per heavy atom. The van der Waals surface area contributed by atoms with Crippen molar-refractivity contribution in [3.05, 3.63) is 85.5 Å². The molecule has 0 aromatic heterocycles. The Balaban J connectivity index is 0.000000421. The van der Waals surface area contributed by atoms with Gasteiger partial charge in [-0.25, -0.2) is 0 Å². The van der Waals surface area contributed by atoms with Gasteiger partial charge >= 0.3 is 0 Å².